The molecule has 0 amide bonds. The van der Waals surface area contributed by atoms with E-state index in [-0.39, 0.29) is 0 Å². The Kier molecular flexibility index (Phi) is 17.1. The van der Waals surface area contributed by atoms with Gasteiger partial charge >= 0.3 is 0 Å². The van der Waals surface area contributed by atoms with E-state index in [2.05, 4.69) is 17.8 Å². The molecule has 8 nitrogen and oxygen atoms in total. The first-order valence-corrected chi connectivity index (χ1v) is 12.5. The Balaban J connectivity index is 1.95. The molecule has 0 saturated carbocycles. The first-order valence-electron chi connectivity index (χ1n) is 12.5. The highest BCUT2D eigenvalue weighted by Gasteiger charge is 2.11. The maximum atomic E-state index is 5.98. The third kappa shape index (κ3) is 13.5. The molecule has 0 unspecified atom stereocenters. The molecule has 0 spiro atoms. The van der Waals surface area contributed by atoms with Crippen LogP contribution in [0.1, 0.15) is 16.7 Å². The number of rotatable bonds is 20. The molecule has 0 heterocycles. The Hall–Kier alpha value is -3.08. The van der Waals surface area contributed by atoms with E-state index in [0.29, 0.717) is 102 Å². The van der Waals surface area contributed by atoms with Crippen molar-refractivity contribution < 1.29 is 37.9 Å². The van der Waals surface area contributed by atoms with Crippen LogP contribution in [0, 0.1) is 24.2 Å². The third-order valence-electron chi connectivity index (χ3n) is 4.93. The van der Waals surface area contributed by atoms with Crippen LogP contribution in [0.2, 0.25) is 0 Å². The minimum atomic E-state index is 0.332. The topological polar surface area (TPSA) is 73.8 Å². The standard InChI is InChI=1S/C30H38O8/c1-4-27-24-30(38-23-21-36-19-17-34-15-13-32-3)28(11-10-26-8-6-5-7-9-26)25-29(27)37-22-20-35-18-16-33-14-12-31-2/h1,5-9,24-25H,12-23H2,2-3H3. The minimum Gasteiger partial charge on any atom is -0.490 e. The molecule has 0 fully saturated rings. The molecule has 0 aliphatic carbocycles. The molecule has 0 aliphatic rings. The number of hydrogen-bond acceptors (Lipinski definition) is 8. The molecule has 0 atom stereocenters. The highest BCUT2D eigenvalue weighted by molar-refractivity contribution is 5.59. The van der Waals surface area contributed by atoms with Crippen molar-refractivity contribution in [3.8, 4) is 35.7 Å². The Morgan fingerprint density at radius 3 is 1.50 bits per heavy atom. The van der Waals surface area contributed by atoms with Gasteiger partial charge < -0.3 is 37.9 Å². The quantitative estimate of drug-likeness (QED) is 0.192. The second-order valence-electron chi connectivity index (χ2n) is 7.74. The van der Waals surface area contributed by atoms with Gasteiger partial charge in [-0.2, -0.15) is 0 Å². The van der Waals surface area contributed by atoms with E-state index in [1.807, 2.05) is 30.3 Å². The van der Waals surface area contributed by atoms with Crippen LogP contribution >= 0.6 is 0 Å². The summed E-state index contributed by atoms with van der Waals surface area (Å²) in [4.78, 5) is 0. The molecule has 38 heavy (non-hydrogen) atoms. The fraction of sp³-hybridized carbons (Fsp3) is 0.467. The zero-order chi connectivity index (χ0) is 27.1. The van der Waals surface area contributed by atoms with Gasteiger partial charge in [0.05, 0.1) is 77.2 Å². The van der Waals surface area contributed by atoms with Gasteiger partial charge in [-0.1, -0.05) is 36.0 Å². The Labute approximate surface area is 226 Å². The van der Waals surface area contributed by atoms with Crippen molar-refractivity contribution in [2.24, 2.45) is 0 Å². The van der Waals surface area contributed by atoms with Gasteiger partial charge in [0.1, 0.15) is 24.7 Å². The summed E-state index contributed by atoms with van der Waals surface area (Å²) in [5.41, 5.74) is 2.12. The summed E-state index contributed by atoms with van der Waals surface area (Å²) in [6.07, 6.45) is 5.76. The number of benzene rings is 2. The molecule has 2 rings (SSSR count). The summed E-state index contributed by atoms with van der Waals surface area (Å²) in [5.74, 6) is 10.1. The summed E-state index contributed by atoms with van der Waals surface area (Å²) < 4.78 is 43.7. The lowest BCUT2D eigenvalue weighted by Crippen LogP contribution is -2.13. The first kappa shape index (κ1) is 31.1. The van der Waals surface area contributed by atoms with Gasteiger partial charge in [-0.3, -0.25) is 0 Å². The van der Waals surface area contributed by atoms with E-state index in [1.165, 1.54) is 0 Å². The monoisotopic (exact) mass is 526 g/mol. The highest BCUT2D eigenvalue weighted by Crippen LogP contribution is 2.28. The van der Waals surface area contributed by atoms with Crippen molar-refractivity contribution in [2.45, 2.75) is 0 Å². The van der Waals surface area contributed by atoms with Crippen molar-refractivity contribution in [3.05, 3.63) is 59.2 Å². The molecule has 2 aromatic rings. The number of ether oxygens (including phenoxy) is 8. The SMILES string of the molecule is C#Cc1cc(OCCOCCOCCOC)c(C#Cc2ccccc2)cc1OCCOCCOCCOC. The molecule has 8 heteroatoms. The lowest BCUT2D eigenvalue weighted by Gasteiger charge is -2.14. The molecular weight excluding hydrogens is 488 g/mol. The fourth-order valence-corrected chi connectivity index (χ4v) is 3.02. The van der Waals surface area contributed by atoms with E-state index in [0.717, 1.165) is 5.56 Å². The fourth-order valence-electron chi connectivity index (χ4n) is 3.02. The van der Waals surface area contributed by atoms with Gasteiger partial charge in [-0.25, -0.2) is 0 Å². The van der Waals surface area contributed by atoms with Crippen LogP contribution < -0.4 is 9.47 Å². The van der Waals surface area contributed by atoms with Crippen LogP contribution in [0.4, 0.5) is 0 Å². The van der Waals surface area contributed by atoms with Crippen LogP contribution in [0.5, 0.6) is 11.5 Å². The number of hydrogen-bond donors (Lipinski definition) is 0. The molecule has 2 aromatic carbocycles. The second-order valence-corrected chi connectivity index (χ2v) is 7.74. The Morgan fingerprint density at radius 1 is 0.553 bits per heavy atom. The zero-order valence-electron chi connectivity index (χ0n) is 22.4. The minimum absolute atomic E-state index is 0.332. The van der Waals surface area contributed by atoms with Gasteiger partial charge in [0, 0.05) is 31.9 Å². The molecular formula is C30H38O8. The lowest BCUT2D eigenvalue weighted by molar-refractivity contribution is 0.0177. The van der Waals surface area contributed by atoms with E-state index in [4.69, 9.17) is 44.3 Å². The van der Waals surface area contributed by atoms with Gasteiger partial charge in [-0.15, -0.1) is 6.42 Å². The summed E-state index contributed by atoms with van der Waals surface area (Å²) >= 11 is 0. The van der Waals surface area contributed by atoms with Crippen molar-refractivity contribution in [1.82, 2.24) is 0 Å². The van der Waals surface area contributed by atoms with Gasteiger partial charge in [0.15, 0.2) is 0 Å². The molecule has 0 aromatic heterocycles. The summed E-state index contributed by atoms with van der Waals surface area (Å²) in [6.45, 7) is 5.59. The Morgan fingerprint density at radius 2 is 1.00 bits per heavy atom. The predicted molar refractivity (Wildman–Crippen MR) is 145 cm³/mol. The number of terminal acetylenes is 1. The lowest BCUT2D eigenvalue weighted by atomic mass is 10.1. The number of methoxy groups -OCH3 is 2. The smallest absolute Gasteiger partial charge is 0.136 e. The summed E-state index contributed by atoms with van der Waals surface area (Å²) in [6, 6.07) is 13.3. The summed E-state index contributed by atoms with van der Waals surface area (Å²) in [7, 11) is 3.27. The Bertz CT molecular complexity index is 991. The van der Waals surface area contributed by atoms with Crippen LogP contribution in [-0.2, 0) is 28.4 Å². The van der Waals surface area contributed by atoms with E-state index < -0.39 is 0 Å². The van der Waals surface area contributed by atoms with Crippen LogP contribution in [-0.4, -0.2) is 93.5 Å². The predicted octanol–water partition coefficient (Wildman–Crippen LogP) is 3.18. The third-order valence-corrected chi connectivity index (χ3v) is 4.93. The molecule has 0 bridgehead atoms. The van der Waals surface area contributed by atoms with Crippen molar-refractivity contribution in [2.75, 3.05) is 93.5 Å². The normalized spacial score (nSPS) is 10.4. The maximum absolute atomic E-state index is 5.98. The molecule has 206 valence electrons. The first-order chi connectivity index (χ1) is 18.8. The van der Waals surface area contributed by atoms with E-state index >= 15 is 0 Å². The average molecular weight is 527 g/mol. The maximum Gasteiger partial charge on any atom is 0.136 e. The van der Waals surface area contributed by atoms with Crippen LogP contribution in [0.15, 0.2) is 42.5 Å². The summed E-state index contributed by atoms with van der Waals surface area (Å²) in [5, 5.41) is 0. The van der Waals surface area contributed by atoms with Crippen molar-refractivity contribution >= 4 is 0 Å². The molecule has 0 aliphatic heterocycles. The van der Waals surface area contributed by atoms with E-state index in [9.17, 15) is 0 Å². The largest absolute Gasteiger partial charge is 0.490 e. The van der Waals surface area contributed by atoms with Crippen LogP contribution in [0.3, 0.4) is 0 Å². The van der Waals surface area contributed by atoms with Gasteiger partial charge in [-0.05, 0) is 12.1 Å². The zero-order valence-corrected chi connectivity index (χ0v) is 22.4. The van der Waals surface area contributed by atoms with Crippen molar-refractivity contribution in [3.63, 3.8) is 0 Å². The van der Waals surface area contributed by atoms with E-state index in [1.54, 1.807) is 26.4 Å². The molecule has 0 radical (unpaired) electrons. The average Bonchev–Trinajstić information content (AvgIpc) is 2.95. The van der Waals surface area contributed by atoms with Crippen LogP contribution in [0.25, 0.3) is 0 Å². The molecule has 0 N–H and O–H groups in total. The highest BCUT2D eigenvalue weighted by atomic mass is 16.6. The second kappa shape index (κ2) is 20.9. The van der Waals surface area contributed by atoms with Crippen molar-refractivity contribution in [1.29, 1.82) is 0 Å². The van der Waals surface area contributed by atoms with Gasteiger partial charge in [0.25, 0.3) is 0 Å². The van der Waals surface area contributed by atoms with Gasteiger partial charge in [0.2, 0.25) is 0 Å². The molecule has 0 saturated heterocycles.